The van der Waals surface area contributed by atoms with Gasteiger partial charge in [-0.3, -0.25) is 9.69 Å². The molecule has 4 nitrogen and oxygen atoms in total. The van der Waals surface area contributed by atoms with Gasteiger partial charge in [0, 0.05) is 30.9 Å². The molecule has 3 rings (SSSR count). The van der Waals surface area contributed by atoms with Crippen molar-refractivity contribution in [2.75, 3.05) is 25.0 Å². The van der Waals surface area contributed by atoms with Crippen LogP contribution in [0.5, 0.6) is 0 Å². The highest BCUT2D eigenvalue weighted by Gasteiger charge is 2.29. The number of amides is 1. The van der Waals surface area contributed by atoms with E-state index in [4.69, 9.17) is 0 Å². The van der Waals surface area contributed by atoms with Gasteiger partial charge in [0.05, 0.1) is 6.54 Å². The lowest BCUT2D eigenvalue weighted by Crippen LogP contribution is -2.39. The Hall–Kier alpha value is -1.46. The summed E-state index contributed by atoms with van der Waals surface area (Å²) in [5.74, 6) is -0.410. The molecule has 2 aliphatic heterocycles. The van der Waals surface area contributed by atoms with Crippen LogP contribution < -0.4 is 10.6 Å². The Morgan fingerprint density at radius 2 is 2.20 bits per heavy atom. The first-order chi connectivity index (χ1) is 9.69. The molecule has 2 bridgehead atoms. The van der Waals surface area contributed by atoms with Crippen LogP contribution in [0.4, 0.5) is 10.1 Å². The maximum absolute atomic E-state index is 13.1. The molecule has 1 aromatic rings. The zero-order chi connectivity index (χ0) is 13.9. The van der Waals surface area contributed by atoms with Gasteiger partial charge in [0.15, 0.2) is 0 Å². The van der Waals surface area contributed by atoms with Crippen LogP contribution in [0, 0.1) is 5.82 Å². The van der Waals surface area contributed by atoms with Crippen LogP contribution >= 0.6 is 0 Å². The molecule has 5 heteroatoms. The molecular weight excluding hydrogens is 257 g/mol. The fourth-order valence-electron chi connectivity index (χ4n) is 3.13. The van der Waals surface area contributed by atoms with Gasteiger partial charge in [0.25, 0.3) is 0 Å². The van der Waals surface area contributed by atoms with E-state index in [1.54, 1.807) is 12.1 Å². The first kappa shape index (κ1) is 13.5. The minimum Gasteiger partial charge on any atom is -0.325 e. The Morgan fingerprint density at radius 3 is 3.05 bits per heavy atom. The molecule has 0 radical (unpaired) electrons. The van der Waals surface area contributed by atoms with Crippen LogP contribution in [0.25, 0.3) is 0 Å². The lowest BCUT2D eigenvalue weighted by molar-refractivity contribution is -0.117. The summed E-state index contributed by atoms with van der Waals surface area (Å²) in [5, 5.41) is 6.34. The Bertz CT molecular complexity index is 494. The second kappa shape index (κ2) is 5.89. The molecule has 0 aromatic heterocycles. The Morgan fingerprint density at radius 1 is 1.35 bits per heavy atom. The average Bonchev–Trinajstić information content (AvgIpc) is 2.73. The summed E-state index contributed by atoms with van der Waals surface area (Å²) in [6.45, 7) is 2.25. The van der Waals surface area contributed by atoms with Gasteiger partial charge in [0.2, 0.25) is 5.91 Å². The summed E-state index contributed by atoms with van der Waals surface area (Å²) in [5.41, 5.74) is 0.518. The molecule has 2 saturated heterocycles. The topological polar surface area (TPSA) is 44.4 Å². The average molecular weight is 277 g/mol. The highest BCUT2D eigenvalue weighted by atomic mass is 19.1. The van der Waals surface area contributed by atoms with Crippen LogP contribution in [0.1, 0.15) is 19.3 Å². The molecule has 2 fully saturated rings. The number of anilines is 1. The van der Waals surface area contributed by atoms with Gasteiger partial charge in [-0.25, -0.2) is 4.39 Å². The molecule has 1 amide bonds. The van der Waals surface area contributed by atoms with E-state index in [1.807, 2.05) is 0 Å². The highest BCUT2D eigenvalue weighted by Crippen LogP contribution is 2.20. The van der Waals surface area contributed by atoms with Gasteiger partial charge in [-0.2, -0.15) is 0 Å². The predicted molar refractivity (Wildman–Crippen MR) is 76.0 cm³/mol. The second-order valence-electron chi connectivity index (χ2n) is 5.72. The van der Waals surface area contributed by atoms with Crippen LogP contribution in [-0.2, 0) is 4.79 Å². The first-order valence-electron chi connectivity index (χ1n) is 7.23. The van der Waals surface area contributed by atoms with E-state index >= 15 is 0 Å². The van der Waals surface area contributed by atoms with Gasteiger partial charge < -0.3 is 10.6 Å². The number of rotatable bonds is 3. The van der Waals surface area contributed by atoms with Crippen LogP contribution in [0.15, 0.2) is 24.3 Å². The number of benzene rings is 1. The van der Waals surface area contributed by atoms with E-state index in [0.29, 0.717) is 24.3 Å². The van der Waals surface area contributed by atoms with E-state index in [-0.39, 0.29) is 11.7 Å². The smallest absolute Gasteiger partial charge is 0.238 e. The molecular formula is C15H20FN3O. The molecule has 20 heavy (non-hydrogen) atoms. The van der Waals surface area contributed by atoms with Gasteiger partial charge in [0.1, 0.15) is 5.82 Å². The summed E-state index contributed by atoms with van der Waals surface area (Å²) in [4.78, 5) is 14.2. The largest absolute Gasteiger partial charge is 0.325 e. The monoisotopic (exact) mass is 277 g/mol. The van der Waals surface area contributed by atoms with E-state index in [2.05, 4.69) is 15.5 Å². The fourth-order valence-corrected chi connectivity index (χ4v) is 3.13. The minimum absolute atomic E-state index is 0.0756. The van der Waals surface area contributed by atoms with Crippen molar-refractivity contribution in [1.29, 1.82) is 0 Å². The number of nitrogens with zero attached hydrogens (tertiary/aromatic N) is 1. The van der Waals surface area contributed by atoms with E-state index in [1.165, 1.54) is 25.0 Å². The molecule has 2 unspecified atom stereocenters. The van der Waals surface area contributed by atoms with Gasteiger partial charge in [-0.05, 0) is 37.5 Å². The SMILES string of the molecule is O=C(CN1CCC2CCC(C1)N2)Nc1cccc(F)c1. The third kappa shape index (κ3) is 3.35. The quantitative estimate of drug-likeness (QED) is 0.882. The van der Waals surface area contributed by atoms with Gasteiger partial charge in [-0.1, -0.05) is 6.07 Å². The van der Waals surface area contributed by atoms with Gasteiger partial charge >= 0.3 is 0 Å². The summed E-state index contributed by atoms with van der Waals surface area (Å²) in [6, 6.07) is 7.14. The lowest BCUT2D eigenvalue weighted by atomic mass is 10.1. The van der Waals surface area contributed by atoms with E-state index < -0.39 is 0 Å². The molecule has 2 atom stereocenters. The number of halogens is 1. The molecule has 108 valence electrons. The standard InChI is InChI=1S/C15H20FN3O/c16-11-2-1-3-13(8-11)18-15(20)10-19-7-6-12-4-5-14(9-19)17-12/h1-3,8,12,14,17H,4-7,9-10H2,(H,18,20). The number of hydrogen-bond acceptors (Lipinski definition) is 3. The van der Waals surface area contributed by atoms with Crippen molar-refractivity contribution < 1.29 is 9.18 Å². The van der Waals surface area contributed by atoms with Crippen molar-refractivity contribution in [2.24, 2.45) is 0 Å². The number of hydrogen-bond donors (Lipinski definition) is 2. The molecule has 1 aromatic carbocycles. The maximum Gasteiger partial charge on any atom is 0.238 e. The summed E-state index contributed by atoms with van der Waals surface area (Å²) >= 11 is 0. The summed E-state index contributed by atoms with van der Waals surface area (Å²) in [6.07, 6.45) is 3.56. The Labute approximate surface area is 118 Å². The second-order valence-corrected chi connectivity index (χ2v) is 5.72. The number of likely N-dealkylation sites (tertiary alicyclic amines) is 1. The van der Waals surface area contributed by atoms with Crippen LogP contribution in [0.2, 0.25) is 0 Å². The third-order valence-corrected chi connectivity index (χ3v) is 4.08. The molecule has 0 saturated carbocycles. The van der Waals surface area contributed by atoms with Crippen molar-refractivity contribution in [2.45, 2.75) is 31.3 Å². The number of fused-ring (bicyclic) bond motifs is 2. The lowest BCUT2D eigenvalue weighted by Gasteiger charge is -2.23. The zero-order valence-corrected chi connectivity index (χ0v) is 11.4. The number of nitrogens with one attached hydrogen (secondary N) is 2. The van der Waals surface area contributed by atoms with Crippen molar-refractivity contribution in [1.82, 2.24) is 10.2 Å². The minimum atomic E-state index is -0.334. The maximum atomic E-state index is 13.1. The summed E-state index contributed by atoms with van der Waals surface area (Å²) in [7, 11) is 0. The molecule has 0 spiro atoms. The van der Waals surface area contributed by atoms with E-state index in [9.17, 15) is 9.18 Å². The van der Waals surface area contributed by atoms with E-state index in [0.717, 1.165) is 19.5 Å². The molecule has 2 heterocycles. The van der Waals surface area contributed by atoms with Crippen LogP contribution in [0.3, 0.4) is 0 Å². The predicted octanol–water partition coefficient (Wildman–Crippen LogP) is 1.59. The van der Waals surface area contributed by atoms with Crippen molar-refractivity contribution in [3.05, 3.63) is 30.1 Å². The number of carbonyl (C=O) groups is 1. The zero-order valence-electron chi connectivity index (χ0n) is 11.4. The Balaban J connectivity index is 1.53. The molecule has 2 N–H and O–H groups in total. The fraction of sp³-hybridized carbons (Fsp3) is 0.533. The Kier molecular flexibility index (Phi) is 3.98. The highest BCUT2D eigenvalue weighted by molar-refractivity contribution is 5.92. The first-order valence-corrected chi connectivity index (χ1v) is 7.23. The van der Waals surface area contributed by atoms with Gasteiger partial charge in [-0.15, -0.1) is 0 Å². The normalized spacial score (nSPS) is 26.2. The molecule has 0 aliphatic carbocycles. The molecule has 2 aliphatic rings. The number of carbonyl (C=O) groups excluding carboxylic acids is 1. The summed E-state index contributed by atoms with van der Waals surface area (Å²) < 4.78 is 13.1. The van der Waals surface area contributed by atoms with Crippen molar-refractivity contribution in [3.8, 4) is 0 Å². The van der Waals surface area contributed by atoms with Crippen molar-refractivity contribution in [3.63, 3.8) is 0 Å². The third-order valence-electron chi connectivity index (χ3n) is 4.08. The van der Waals surface area contributed by atoms with Crippen LogP contribution in [-0.4, -0.2) is 42.5 Å². The van der Waals surface area contributed by atoms with Crippen molar-refractivity contribution >= 4 is 11.6 Å².